The molecule has 0 atom stereocenters. The van der Waals surface area contributed by atoms with Crippen molar-refractivity contribution in [1.29, 1.82) is 0 Å². The summed E-state index contributed by atoms with van der Waals surface area (Å²) in [6.45, 7) is 7.47. The molecule has 1 heterocycles. The second-order valence-electron chi connectivity index (χ2n) is 5.62. The highest BCUT2D eigenvalue weighted by Crippen LogP contribution is 2.24. The van der Waals surface area contributed by atoms with Crippen molar-refractivity contribution < 1.29 is 4.74 Å². The van der Waals surface area contributed by atoms with Gasteiger partial charge in [0.2, 0.25) is 0 Å². The summed E-state index contributed by atoms with van der Waals surface area (Å²) in [7, 11) is 0. The van der Waals surface area contributed by atoms with E-state index in [-0.39, 0.29) is 5.41 Å². The van der Waals surface area contributed by atoms with Gasteiger partial charge in [0, 0.05) is 18.4 Å². The SMILES string of the molecule is CC(C)(C)c1ccc(OCc2ncc(CN)[nH]2)cc1. The van der Waals surface area contributed by atoms with Crippen LogP contribution in [-0.2, 0) is 18.6 Å². The van der Waals surface area contributed by atoms with E-state index >= 15 is 0 Å². The van der Waals surface area contributed by atoms with Gasteiger partial charge in [-0.2, -0.15) is 0 Å². The second-order valence-corrected chi connectivity index (χ2v) is 5.62. The average Bonchev–Trinajstić information content (AvgIpc) is 2.84. The van der Waals surface area contributed by atoms with Crippen molar-refractivity contribution in [2.24, 2.45) is 5.73 Å². The van der Waals surface area contributed by atoms with Crippen molar-refractivity contribution >= 4 is 0 Å². The molecule has 3 N–H and O–H groups in total. The van der Waals surface area contributed by atoms with Crippen LogP contribution in [0.5, 0.6) is 5.75 Å². The Morgan fingerprint density at radius 3 is 2.42 bits per heavy atom. The lowest BCUT2D eigenvalue weighted by Crippen LogP contribution is -2.10. The zero-order valence-corrected chi connectivity index (χ0v) is 11.7. The summed E-state index contributed by atoms with van der Waals surface area (Å²) in [5.41, 5.74) is 7.89. The van der Waals surface area contributed by atoms with Crippen LogP contribution in [-0.4, -0.2) is 9.97 Å². The van der Waals surface area contributed by atoms with Crippen LogP contribution < -0.4 is 10.5 Å². The Labute approximate surface area is 114 Å². The highest BCUT2D eigenvalue weighted by Gasteiger charge is 2.13. The summed E-state index contributed by atoms with van der Waals surface area (Å²) in [5, 5.41) is 0. The Morgan fingerprint density at radius 1 is 1.21 bits per heavy atom. The molecule has 4 nitrogen and oxygen atoms in total. The van der Waals surface area contributed by atoms with Gasteiger partial charge in [0.15, 0.2) is 0 Å². The first kappa shape index (κ1) is 13.6. The second kappa shape index (κ2) is 5.45. The van der Waals surface area contributed by atoms with Crippen LogP contribution in [0.3, 0.4) is 0 Å². The Morgan fingerprint density at radius 2 is 1.89 bits per heavy atom. The third kappa shape index (κ3) is 3.58. The van der Waals surface area contributed by atoms with Crippen LogP contribution in [0.1, 0.15) is 37.9 Å². The molecule has 0 aliphatic carbocycles. The van der Waals surface area contributed by atoms with Crippen LogP contribution >= 0.6 is 0 Å². The predicted molar refractivity (Wildman–Crippen MR) is 76.0 cm³/mol. The first-order valence-electron chi connectivity index (χ1n) is 6.45. The lowest BCUT2D eigenvalue weighted by atomic mass is 9.87. The van der Waals surface area contributed by atoms with Crippen molar-refractivity contribution in [2.75, 3.05) is 0 Å². The van der Waals surface area contributed by atoms with Crippen LogP contribution in [0, 0.1) is 0 Å². The van der Waals surface area contributed by atoms with Gasteiger partial charge < -0.3 is 15.5 Å². The molecule has 2 aromatic rings. The lowest BCUT2D eigenvalue weighted by molar-refractivity contribution is 0.296. The van der Waals surface area contributed by atoms with Crippen LogP contribution in [0.4, 0.5) is 0 Å². The molecule has 0 bridgehead atoms. The number of rotatable bonds is 4. The standard InChI is InChI=1S/C15H21N3O/c1-15(2,3)11-4-6-13(7-5-11)19-10-14-17-9-12(8-16)18-14/h4-7,9H,8,10,16H2,1-3H3,(H,17,18). The van der Waals surface area contributed by atoms with Crippen molar-refractivity contribution in [2.45, 2.75) is 39.3 Å². The fraction of sp³-hybridized carbons (Fsp3) is 0.400. The number of nitrogens with zero attached hydrogens (tertiary/aromatic N) is 1. The Kier molecular flexibility index (Phi) is 3.90. The van der Waals surface area contributed by atoms with Gasteiger partial charge in [-0.25, -0.2) is 4.98 Å². The summed E-state index contributed by atoms with van der Waals surface area (Å²) in [5.74, 6) is 1.64. The third-order valence-electron chi connectivity index (χ3n) is 3.00. The molecule has 0 aliphatic heterocycles. The van der Waals surface area contributed by atoms with Crippen molar-refractivity contribution in [3.63, 3.8) is 0 Å². The number of ether oxygens (including phenoxy) is 1. The fourth-order valence-electron chi connectivity index (χ4n) is 1.79. The van der Waals surface area contributed by atoms with E-state index in [1.54, 1.807) is 6.20 Å². The molecule has 0 radical (unpaired) electrons. The van der Waals surface area contributed by atoms with Crippen molar-refractivity contribution in [1.82, 2.24) is 9.97 Å². The van der Waals surface area contributed by atoms with Gasteiger partial charge >= 0.3 is 0 Å². The summed E-state index contributed by atoms with van der Waals surface area (Å²) < 4.78 is 5.68. The molecule has 0 aliphatic rings. The number of nitrogens with two attached hydrogens (primary N) is 1. The van der Waals surface area contributed by atoms with E-state index in [2.05, 4.69) is 42.9 Å². The summed E-state index contributed by atoms with van der Waals surface area (Å²) in [6.07, 6.45) is 1.74. The molecule has 19 heavy (non-hydrogen) atoms. The van der Waals surface area contributed by atoms with E-state index in [1.165, 1.54) is 5.56 Å². The topological polar surface area (TPSA) is 63.9 Å². The quantitative estimate of drug-likeness (QED) is 0.887. The van der Waals surface area contributed by atoms with Gasteiger partial charge in [-0.05, 0) is 23.1 Å². The van der Waals surface area contributed by atoms with Gasteiger partial charge in [0.25, 0.3) is 0 Å². The number of aromatic nitrogens is 2. The Balaban J connectivity index is 1.96. The normalized spacial score (nSPS) is 11.6. The first-order chi connectivity index (χ1) is 8.99. The van der Waals surface area contributed by atoms with Crippen molar-refractivity contribution in [3.05, 3.63) is 47.5 Å². The zero-order chi connectivity index (χ0) is 13.9. The maximum atomic E-state index is 5.68. The largest absolute Gasteiger partial charge is 0.486 e. The molecule has 0 saturated carbocycles. The average molecular weight is 259 g/mol. The Bertz CT molecular complexity index is 523. The van der Waals surface area contributed by atoms with E-state index < -0.39 is 0 Å². The minimum absolute atomic E-state index is 0.162. The van der Waals surface area contributed by atoms with E-state index in [0.29, 0.717) is 13.2 Å². The number of hydrogen-bond donors (Lipinski definition) is 2. The van der Waals surface area contributed by atoms with Gasteiger partial charge in [0.05, 0.1) is 0 Å². The number of hydrogen-bond acceptors (Lipinski definition) is 3. The molecular weight excluding hydrogens is 238 g/mol. The van der Waals surface area contributed by atoms with E-state index in [0.717, 1.165) is 17.3 Å². The predicted octanol–water partition coefficient (Wildman–Crippen LogP) is 2.74. The van der Waals surface area contributed by atoms with Crippen LogP contribution in [0.15, 0.2) is 30.5 Å². The molecule has 1 aromatic heterocycles. The minimum Gasteiger partial charge on any atom is -0.486 e. The molecule has 102 valence electrons. The number of imidazole rings is 1. The van der Waals surface area contributed by atoms with Crippen LogP contribution in [0.2, 0.25) is 0 Å². The summed E-state index contributed by atoms with van der Waals surface area (Å²) >= 11 is 0. The molecule has 0 unspecified atom stereocenters. The van der Waals surface area contributed by atoms with Gasteiger partial charge in [-0.1, -0.05) is 32.9 Å². The number of aromatic amines is 1. The van der Waals surface area contributed by atoms with E-state index in [4.69, 9.17) is 10.5 Å². The number of H-pyrrole nitrogens is 1. The minimum atomic E-state index is 0.162. The monoisotopic (exact) mass is 259 g/mol. The molecule has 1 aromatic carbocycles. The zero-order valence-electron chi connectivity index (χ0n) is 11.7. The van der Waals surface area contributed by atoms with Gasteiger partial charge in [-0.3, -0.25) is 0 Å². The maximum Gasteiger partial charge on any atom is 0.146 e. The third-order valence-corrected chi connectivity index (χ3v) is 3.00. The number of benzene rings is 1. The highest BCUT2D eigenvalue weighted by atomic mass is 16.5. The lowest BCUT2D eigenvalue weighted by Gasteiger charge is -2.19. The highest BCUT2D eigenvalue weighted by molar-refractivity contribution is 5.31. The molecular formula is C15H21N3O. The maximum absolute atomic E-state index is 5.68. The van der Waals surface area contributed by atoms with Gasteiger partial charge in [0.1, 0.15) is 18.2 Å². The van der Waals surface area contributed by atoms with Crippen LogP contribution in [0.25, 0.3) is 0 Å². The smallest absolute Gasteiger partial charge is 0.146 e. The summed E-state index contributed by atoms with van der Waals surface area (Å²) in [6, 6.07) is 8.19. The molecule has 4 heteroatoms. The molecule has 0 saturated heterocycles. The van der Waals surface area contributed by atoms with E-state index in [9.17, 15) is 0 Å². The molecule has 0 amide bonds. The molecule has 2 rings (SSSR count). The first-order valence-corrected chi connectivity index (χ1v) is 6.45. The Hall–Kier alpha value is -1.81. The fourth-order valence-corrected chi connectivity index (χ4v) is 1.79. The number of nitrogens with one attached hydrogen (secondary N) is 1. The van der Waals surface area contributed by atoms with E-state index in [1.807, 2.05) is 12.1 Å². The van der Waals surface area contributed by atoms with Gasteiger partial charge in [-0.15, -0.1) is 0 Å². The molecule has 0 spiro atoms. The molecule has 0 fully saturated rings. The summed E-state index contributed by atoms with van der Waals surface area (Å²) in [4.78, 5) is 7.31. The van der Waals surface area contributed by atoms with Crippen molar-refractivity contribution in [3.8, 4) is 5.75 Å².